The standard InChI is InChI=1S/C20H26N4O2/c1-12-9-13(12)17-3-4-18(26-17)14-10-15(14)20(25)24-8-5-21-11-16(24)19-22-6-7-23(19)2/h3-4,6-7,12-16,21H,5,8-11H2,1-2H3. The van der Waals surface area contributed by atoms with Crippen LogP contribution in [0.15, 0.2) is 28.9 Å². The molecule has 5 rings (SSSR count). The van der Waals surface area contributed by atoms with Crippen molar-refractivity contribution >= 4 is 5.91 Å². The molecule has 138 valence electrons. The number of aromatic nitrogens is 2. The Kier molecular flexibility index (Phi) is 3.71. The molecule has 6 nitrogen and oxygen atoms in total. The van der Waals surface area contributed by atoms with Gasteiger partial charge in [-0.25, -0.2) is 4.98 Å². The van der Waals surface area contributed by atoms with Gasteiger partial charge in [-0.15, -0.1) is 0 Å². The van der Waals surface area contributed by atoms with Crippen LogP contribution in [0.5, 0.6) is 0 Å². The van der Waals surface area contributed by atoms with E-state index in [1.54, 1.807) is 6.20 Å². The Balaban J connectivity index is 1.30. The van der Waals surface area contributed by atoms with Crippen molar-refractivity contribution in [3.05, 3.63) is 41.9 Å². The molecule has 6 heteroatoms. The zero-order valence-corrected chi connectivity index (χ0v) is 15.4. The fourth-order valence-electron chi connectivity index (χ4n) is 4.38. The second-order valence-electron chi connectivity index (χ2n) is 8.16. The molecule has 2 aliphatic carbocycles. The van der Waals surface area contributed by atoms with E-state index in [0.717, 1.165) is 49.3 Å². The highest BCUT2D eigenvalue weighted by Crippen LogP contribution is 2.52. The Bertz CT molecular complexity index is 825. The number of rotatable bonds is 4. The van der Waals surface area contributed by atoms with Gasteiger partial charge in [-0.1, -0.05) is 6.92 Å². The number of furan rings is 1. The number of aryl methyl sites for hydroxylation is 1. The number of hydrogen-bond donors (Lipinski definition) is 1. The van der Waals surface area contributed by atoms with E-state index in [4.69, 9.17) is 4.42 Å². The van der Waals surface area contributed by atoms with E-state index in [2.05, 4.69) is 29.4 Å². The third-order valence-corrected chi connectivity index (χ3v) is 6.28. The number of carbonyl (C=O) groups is 1. The topological polar surface area (TPSA) is 63.3 Å². The molecule has 3 heterocycles. The molecule has 2 aromatic rings. The smallest absolute Gasteiger partial charge is 0.227 e. The summed E-state index contributed by atoms with van der Waals surface area (Å²) < 4.78 is 8.10. The van der Waals surface area contributed by atoms with Crippen molar-refractivity contribution in [1.29, 1.82) is 0 Å². The first kappa shape index (κ1) is 16.1. The maximum Gasteiger partial charge on any atom is 0.227 e. The monoisotopic (exact) mass is 354 g/mol. The summed E-state index contributed by atoms with van der Waals surface area (Å²) >= 11 is 0. The summed E-state index contributed by atoms with van der Waals surface area (Å²) in [4.78, 5) is 19.7. The summed E-state index contributed by atoms with van der Waals surface area (Å²) in [7, 11) is 1.99. The molecule has 3 aliphatic rings. The average Bonchev–Trinajstić information content (AvgIpc) is 3.49. The first-order valence-electron chi connectivity index (χ1n) is 9.71. The minimum atomic E-state index is 0.0111. The highest BCUT2D eigenvalue weighted by atomic mass is 16.3. The average molecular weight is 354 g/mol. The molecule has 1 saturated heterocycles. The SMILES string of the molecule is CC1CC1c1ccc(C2CC2C(=O)N2CCNCC2c2nccn2C)o1. The molecule has 1 amide bonds. The van der Waals surface area contributed by atoms with Crippen LogP contribution in [0.1, 0.15) is 55.0 Å². The first-order chi connectivity index (χ1) is 12.6. The number of amides is 1. The van der Waals surface area contributed by atoms with Gasteiger partial charge in [0.15, 0.2) is 0 Å². The minimum absolute atomic E-state index is 0.0111. The number of imidazole rings is 1. The van der Waals surface area contributed by atoms with E-state index in [1.165, 1.54) is 6.42 Å². The lowest BCUT2D eigenvalue weighted by Gasteiger charge is -2.36. The lowest BCUT2D eigenvalue weighted by Crippen LogP contribution is -2.50. The van der Waals surface area contributed by atoms with Crippen molar-refractivity contribution in [3.63, 3.8) is 0 Å². The van der Waals surface area contributed by atoms with Gasteiger partial charge in [0.2, 0.25) is 5.91 Å². The van der Waals surface area contributed by atoms with Crippen LogP contribution in [-0.4, -0.2) is 40.0 Å². The molecule has 3 fully saturated rings. The van der Waals surface area contributed by atoms with E-state index < -0.39 is 0 Å². The Morgan fingerprint density at radius 1 is 1.27 bits per heavy atom. The third-order valence-electron chi connectivity index (χ3n) is 6.28. The van der Waals surface area contributed by atoms with Gasteiger partial charge >= 0.3 is 0 Å². The van der Waals surface area contributed by atoms with Crippen LogP contribution in [0.25, 0.3) is 0 Å². The highest BCUT2D eigenvalue weighted by Gasteiger charge is 2.50. The van der Waals surface area contributed by atoms with E-state index in [1.807, 2.05) is 22.7 Å². The summed E-state index contributed by atoms with van der Waals surface area (Å²) in [5.74, 6) is 4.96. The van der Waals surface area contributed by atoms with Gasteiger partial charge in [0.25, 0.3) is 0 Å². The van der Waals surface area contributed by atoms with Gasteiger partial charge in [0, 0.05) is 56.8 Å². The molecular weight excluding hydrogens is 328 g/mol. The van der Waals surface area contributed by atoms with Crippen molar-refractivity contribution in [2.75, 3.05) is 19.6 Å². The molecule has 0 radical (unpaired) electrons. The number of hydrogen-bond acceptors (Lipinski definition) is 4. The van der Waals surface area contributed by atoms with E-state index in [-0.39, 0.29) is 23.8 Å². The third kappa shape index (κ3) is 2.67. The second-order valence-corrected chi connectivity index (χ2v) is 8.16. The van der Waals surface area contributed by atoms with Crippen molar-refractivity contribution in [2.24, 2.45) is 18.9 Å². The molecule has 2 aromatic heterocycles. The predicted octanol–water partition coefficient (Wildman–Crippen LogP) is 2.41. The van der Waals surface area contributed by atoms with E-state index in [9.17, 15) is 4.79 Å². The second kappa shape index (κ2) is 5.98. The van der Waals surface area contributed by atoms with Crippen molar-refractivity contribution in [2.45, 2.75) is 37.6 Å². The fourth-order valence-corrected chi connectivity index (χ4v) is 4.38. The van der Waals surface area contributed by atoms with Gasteiger partial charge in [-0.2, -0.15) is 0 Å². The van der Waals surface area contributed by atoms with Gasteiger partial charge in [0.05, 0.1) is 0 Å². The summed E-state index contributed by atoms with van der Waals surface area (Å²) in [6.07, 6.45) is 5.88. The largest absolute Gasteiger partial charge is 0.465 e. The van der Waals surface area contributed by atoms with Crippen molar-refractivity contribution < 1.29 is 9.21 Å². The summed E-state index contributed by atoms with van der Waals surface area (Å²) in [6.45, 7) is 4.61. The molecular formula is C20H26N4O2. The number of nitrogens with zero attached hydrogens (tertiary/aromatic N) is 3. The molecule has 0 spiro atoms. The Hall–Kier alpha value is -2.08. The fraction of sp³-hybridized carbons (Fsp3) is 0.600. The van der Waals surface area contributed by atoms with Crippen LogP contribution in [0, 0.1) is 11.8 Å². The van der Waals surface area contributed by atoms with Crippen LogP contribution in [0.3, 0.4) is 0 Å². The van der Waals surface area contributed by atoms with Crippen LogP contribution in [0.2, 0.25) is 0 Å². The van der Waals surface area contributed by atoms with Gasteiger partial charge in [-0.05, 0) is 30.9 Å². The predicted molar refractivity (Wildman–Crippen MR) is 96.6 cm³/mol. The Morgan fingerprint density at radius 2 is 2.04 bits per heavy atom. The molecule has 5 unspecified atom stereocenters. The van der Waals surface area contributed by atoms with Gasteiger partial charge in [0.1, 0.15) is 23.4 Å². The van der Waals surface area contributed by atoms with E-state index >= 15 is 0 Å². The van der Waals surface area contributed by atoms with Crippen molar-refractivity contribution in [3.8, 4) is 0 Å². The zero-order chi connectivity index (χ0) is 17.8. The normalized spacial score (nSPS) is 33.3. The molecule has 0 bridgehead atoms. The molecule has 5 atom stereocenters. The Morgan fingerprint density at radius 3 is 2.73 bits per heavy atom. The number of piperazine rings is 1. The molecule has 26 heavy (non-hydrogen) atoms. The molecule has 1 aliphatic heterocycles. The molecule has 0 aromatic carbocycles. The maximum absolute atomic E-state index is 13.2. The van der Waals surface area contributed by atoms with Gasteiger partial charge in [-0.3, -0.25) is 4.79 Å². The maximum atomic E-state index is 13.2. The summed E-state index contributed by atoms with van der Waals surface area (Å²) in [6, 6.07) is 4.22. The number of nitrogens with one attached hydrogen (secondary N) is 1. The quantitative estimate of drug-likeness (QED) is 0.916. The van der Waals surface area contributed by atoms with Crippen LogP contribution >= 0.6 is 0 Å². The molecule has 2 saturated carbocycles. The van der Waals surface area contributed by atoms with Crippen molar-refractivity contribution in [1.82, 2.24) is 19.8 Å². The van der Waals surface area contributed by atoms with Crippen LogP contribution < -0.4 is 5.32 Å². The van der Waals surface area contributed by atoms with Gasteiger partial charge < -0.3 is 19.2 Å². The summed E-state index contributed by atoms with van der Waals surface area (Å²) in [5.41, 5.74) is 0. The highest BCUT2D eigenvalue weighted by molar-refractivity contribution is 5.83. The van der Waals surface area contributed by atoms with Crippen LogP contribution in [0.4, 0.5) is 0 Å². The summed E-state index contributed by atoms with van der Waals surface area (Å²) in [5, 5.41) is 3.40. The van der Waals surface area contributed by atoms with Crippen LogP contribution in [-0.2, 0) is 11.8 Å². The Labute approximate surface area is 153 Å². The lowest BCUT2D eigenvalue weighted by atomic mass is 10.1. The number of carbonyl (C=O) groups excluding carboxylic acids is 1. The first-order valence-corrected chi connectivity index (χ1v) is 9.71. The molecule has 1 N–H and O–H groups in total. The van der Waals surface area contributed by atoms with E-state index in [0.29, 0.717) is 5.92 Å². The zero-order valence-electron chi connectivity index (χ0n) is 15.4. The minimum Gasteiger partial charge on any atom is -0.465 e. The lowest BCUT2D eigenvalue weighted by molar-refractivity contribution is -0.136.